The van der Waals surface area contributed by atoms with Crippen molar-refractivity contribution >= 4 is 17.2 Å². The molecule has 4 rings (SSSR count). The van der Waals surface area contributed by atoms with Crippen LogP contribution in [0.25, 0.3) is 16.9 Å². The fraction of sp³-hybridized carbons (Fsp3) is 0.250. The maximum atomic E-state index is 14.4. The molecule has 0 aliphatic heterocycles. The summed E-state index contributed by atoms with van der Waals surface area (Å²) in [5.74, 6) is 0.373. The van der Waals surface area contributed by atoms with E-state index in [-0.39, 0.29) is 16.4 Å². The van der Waals surface area contributed by atoms with Crippen molar-refractivity contribution in [3.63, 3.8) is 0 Å². The van der Waals surface area contributed by atoms with E-state index in [1.165, 1.54) is 10.7 Å². The van der Waals surface area contributed by atoms with E-state index >= 15 is 0 Å². The molecule has 24 heavy (non-hydrogen) atoms. The Morgan fingerprint density at radius 3 is 2.88 bits per heavy atom. The molecule has 6 nitrogen and oxygen atoms in total. The van der Waals surface area contributed by atoms with Gasteiger partial charge >= 0.3 is 0 Å². The molecular formula is C16H11ClFN5O. The van der Waals surface area contributed by atoms with Gasteiger partial charge in [0.1, 0.15) is 16.9 Å². The van der Waals surface area contributed by atoms with E-state index in [1.54, 1.807) is 19.4 Å². The molecule has 1 saturated carbocycles. The third-order valence-electron chi connectivity index (χ3n) is 3.98. The van der Waals surface area contributed by atoms with Crippen LogP contribution < -0.4 is 4.74 Å². The van der Waals surface area contributed by atoms with Crippen LogP contribution in [0.5, 0.6) is 5.75 Å². The second-order valence-corrected chi connectivity index (χ2v) is 5.92. The summed E-state index contributed by atoms with van der Waals surface area (Å²) < 4.78 is 21.3. The van der Waals surface area contributed by atoms with E-state index in [0.717, 1.165) is 24.6 Å². The van der Waals surface area contributed by atoms with E-state index in [0.29, 0.717) is 22.9 Å². The van der Waals surface area contributed by atoms with Crippen molar-refractivity contribution in [2.24, 2.45) is 0 Å². The highest BCUT2D eigenvalue weighted by atomic mass is 35.5. The molecule has 0 spiro atoms. The Morgan fingerprint density at radius 2 is 2.21 bits per heavy atom. The Labute approximate surface area is 141 Å². The normalized spacial score (nSPS) is 13.9. The van der Waals surface area contributed by atoms with Crippen LogP contribution in [-0.2, 0) is 0 Å². The number of ether oxygens (including phenoxy) is 1. The van der Waals surface area contributed by atoms with Gasteiger partial charge in [-0.15, -0.1) is 0 Å². The van der Waals surface area contributed by atoms with Crippen LogP contribution in [0.1, 0.15) is 30.0 Å². The first-order valence-electron chi connectivity index (χ1n) is 7.31. The van der Waals surface area contributed by atoms with Gasteiger partial charge in [-0.3, -0.25) is 0 Å². The number of hydrogen-bond donors (Lipinski definition) is 0. The van der Waals surface area contributed by atoms with Crippen LogP contribution in [0.15, 0.2) is 18.5 Å². The van der Waals surface area contributed by atoms with Gasteiger partial charge in [0.15, 0.2) is 17.2 Å². The number of nitriles is 1. The van der Waals surface area contributed by atoms with Crippen molar-refractivity contribution in [1.29, 1.82) is 5.26 Å². The molecular weight excluding hydrogens is 333 g/mol. The Balaban J connectivity index is 1.93. The Bertz CT molecular complexity index is 1010. The molecule has 0 unspecified atom stereocenters. The van der Waals surface area contributed by atoms with Gasteiger partial charge in [-0.2, -0.15) is 10.4 Å². The molecule has 0 radical (unpaired) electrons. The molecule has 0 saturated heterocycles. The van der Waals surface area contributed by atoms with Crippen LogP contribution in [0.2, 0.25) is 5.15 Å². The second kappa shape index (κ2) is 5.42. The lowest BCUT2D eigenvalue weighted by molar-refractivity contribution is 0.403. The maximum Gasteiger partial charge on any atom is 0.165 e. The maximum absolute atomic E-state index is 14.4. The molecule has 0 N–H and O–H groups in total. The third-order valence-corrected chi connectivity index (χ3v) is 4.26. The summed E-state index contributed by atoms with van der Waals surface area (Å²) in [5, 5.41) is 13.1. The number of fused-ring (bicyclic) bond motifs is 1. The molecule has 1 aliphatic rings. The number of nitrogens with zero attached hydrogens (tertiary/aromatic N) is 5. The van der Waals surface area contributed by atoms with Crippen LogP contribution >= 0.6 is 11.6 Å². The highest BCUT2D eigenvalue weighted by Gasteiger charge is 2.30. The summed E-state index contributed by atoms with van der Waals surface area (Å²) in [5.41, 5.74) is 1.75. The number of methoxy groups -OCH3 is 1. The zero-order valence-electron chi connectivity index (χ0n) is 12.6. The van der Waals surface area contributed by atoms with Crippen LogP contribution in [-0.4, -0.2) is 26.7 Å². The van der Waals surface area contributed by atoms with Crippen LogP contribution in [0, 0.1) is 17.1 Å². The first kappa shape index (κ1) is 14.8. The summed E-state index contributed by atoms with van der Waals surface area (Å²) in [6.45, 7) is 0. The van der Waals surface area contributed by atoms with E-state index in [9.17, 15) is 4.39 Å². The lowest BCUT2D eigenvalue weighted by atomic mass is 10.1. The van der Waals surface area contributed by atoms with Crippen molar-refractivity contribution in [3.05, 3.63) is 40.7 Å². The topological polar surface area (TPSA) is 76.1 Å². The van der Waals surface area contributed by atoms with Gasteiger partial charge in [0, 0.05) is 5.92 Å². The number of pyridine rings is 1. The number of rotatable bonds is 3. The lowest BCUT2D eigenvalue weighted by Crippen LogP contribution is -2.00. The highest BCUT2D eigenvalue weighted by Crippen LogP contribution is 2.43. The summed E-state index contributed by atoms with van der Waals surface area (Å²) in [6.07, 6.45) is 5.31. The zero-order valence-corrected chi connectivity index (χ0v) is 13.4. The number of hydrogen-bond acceptors (Lipinski definition) is 5. The van der Waals surface area contributed by atoms with Crippen LogP contribution in [0.4, 0.5) is 4.39 Å². The average molecular weight is 344 g/mol. The van der Waals surface area contributed by atoms with E-state index in [2.05, 4.69) is 15.1 Å². The Hall–Kier alpha value is -2.72. The van der Waals surface area contributed by atoms with Gasteiger partial charge in [-0.1, -0.05) is 11.6 Å². The molecule has 120 valence electrons. The smallest absolute Gasteiger partial charge is 0.165 e. The van der Waals surface area contributed by atoms with Crippen molar-refractivity contribution in [1.82, 2.24) is 19.6 Å². The lowest BCUT2D eigenvalue weighted by Gasteiger charge is -2.08. The van der Waals surface area contributed by atoms with Crippen LogP contribution in [0.3, 0.4) is 0 Å². The minimum atomic E-state index is -0.642. The Kier molecular flexibility index (Phi) is 3.36. The first-order chi connectivity index (χ1) is 11.6. The largest absolute Gasteiger partial charge is 0.493 e. The predicted octanol–water partition coefficient (Wildman–Crippen LogP) is 3.34. The molecule has 8 heteroatoms. The molecule has 1 aliphatic carbocycles. The van der Waals surface area contributed by atoms with Crippen molar-refractivity contribution in [2.45, 2.75) is 18.8 Å². The third kappa shape index (κ3) is 2.27. The second-order valence-electron chi connectivity index (χ2n) is 5.56. The van der Waals surface area contributed by atoms with E-state index in [1.807, 2.05) is 0 Å². The number of halogens is 2. The minimum absolute atomic E-state index is 0.0114. The molecule has 0 amide bonds. The summed E-state index contributed by atoms with van der Waals surface area (Å²) in [6, 6.07) is 2.87. The molecule has 3 heterocycles. The summed E-state index contributed by atoms with van der Waals surface area (Å²) in [7, 11) is 1.58. The van der Waals surface area contributed by atoms with E-state index in [4.69, 9.17) is 21.6 Å². The van der Waals surface area contributed by atoms with Crippen molar-refractivity contribution in [3.8, 4) is 23.1 Å². The summed E-state index contributed by atoms with van der Waals surface area (Å²) >= 11 is 5.94. The molecule has 0 atom stereocenters. The Morgan fingerprint density at radius 1 is 1.42 bits per heavy atom. The van der Waals surface area contributed by atoms with Gasteiger partial charge in [0.25, 0.3) is 0 Å². The molecule has 0 bridgehead atoms. The van der Waals surface area contributed by atoms with Gasteiger partial charge in [-0.05, 0) is 18.9 Å². The summed E-state index contributed by atoms with van der Waals surface area (Å²) in [4.78, 5) is 8.63. The standard InChI is InChI=1S/C16H11ClFN5O/c1-24-12-7-23-16(22-13(12)8-2-3-8)10(6-20-23)14-11(18)4-9(5-19)15(17)21-14/h4,6-8H,2-3H2,1H3. The highest BCUT2D eigenvalue weighted by molar-refractivity contribution is 6.30. The average Bonchev–Trinajstić information content (AvgIpc) is 3.35. The molecule has 0 aromatic carbocycles. The van der Waals surface area contributed by atoms with Crippen molar-refractivity contribution in [2.75, 3.05) is 7.11 Å². The fourth-order valence-corrected chi connectivity index (χ4v) is 2.80. The van der Waals surface area contributed by atoms with Gasteiger partial charge in [0.2, 0.25) is 0 Å². The van der Waals surface area contributed by atoms with Crippen molar-refractivity contribution < 1.29 is 9.13 Å². The SMILES string of the molecule is COc1cn2ncc(-c3nc(Cl)c(C#N)cc3F)c2nc1C1CC1. The van der Waals surface area contributed by atoms with Gasteiger partial charge in [0.05, 0.1) is 36.3 Å². The van der Waals surface area contributed by atoms with Gasteiger partial charge < -0.3 is 4.74 Å². The molecule has 1 fully saturated rings. The van der Waals surface area contributed by atoms with E-state index < -0.39 is 5.82 Å². The fourth-order valence-electron chi connectivity index (χ4n) is 2.62. The monoisotopic (exact) mass is 343 g/mol. The number of aromatic nitrogens is 4. The zero-order chi connectivity index (χ0) is 16.8. The molecule has 3 aromatic heterocycles. The predicted molar refractivity (Wildman–Crippen MR) is 84.4 cm³/mol. The first-order valence-corrected chi connectivity index (χ1v) is 7.69. The van der Waals surface area contributed by atoms with Gasteiger partial charge in [-0.25, -0.2) is 18.9 Å². The quantitative estimate of drug-likeness (QED) is 0.682. The molecule has 3 aromatic rings. The minimum Gasteiger partial charge on any atom is -0.493 e.